The van der Waals surface area contributed by atoms with Gasteiger partial charge in [-0.25, -0.2) is 4.98 Å². The van der Waals surface area contributed by atoms with Crippen LogP contribution in [0.2, 0.25) is 0 Å². The first-order chi connectivity index (χ1) is 13.6. The number of carbonyl (C=O) groups is 1. The molecule has 28 heavy (non-hydrogen) atoms. The zero-order chi connectivity index (χ0) is 19.5. The van der Waals surface area contributed by atoms with Crippen molar-refractivity contribution in [1.82, 2.24) is 9.88 Å². The first-order valence-corrected chi connectivity index (χ1v) is 10.1. The van der Waals surface area contributed by atoms with Crippen LogP contribution < -0.4 is 5.32 Å². The van der Waals surface area contributed by atoms with Crippen molar-refractivity contribution in [2.45, 2.75) is 38.5 Å². The lowest BCUT2D eigenvalue weighted by atomic mass is 9.98. The molecule has 0 bridgehead atoms. The number of fused-ring (bicyclic) bond motifs is 1. The van der Waals surface area contributed by atoms with Gasteiger partial charge in [0.2, 0.25) is 5.91 Å². The molecule has 1 fully saturated rings. The molecule has 1 aliphatic rings. The van der Waals surface area contributed by atoms with Crippen LogP contribution in [-0.2, 0) is 4.79 Å². The summed E-state index contributed by atoms with van der Waals surface area (Å²) < 4.78 is 5.96. The number of hydrogen-bond acceptors (Lipinski definition) is 4. The third-order valence-corrected chi connectivity index (χ3v) is 5.39. The largest absolute Gasteiger partial charge is 0.440 e. The van der Waals surface area contributed by atoms with E-state index in [0.29, 0.717) is 12.5 Å². The molecule has 146 valence electrons. The first-order valence-electron chi connectivity index (χ1n) is 10.1. The van der Waals surface area contributed by atoms with Crippen molar-refractivity contribution in [3.8, 4) is 0 Å². The van der Waals surface area contributed by atoms with Crippen LogP contribution >= 0.6 is 0 Å². The van der Waals surface area contributed by atoms with E-state index in [-0.39, 0.29) is 11.8 Å². The van der Waals surface area contributed by atoms with Gasteiger partial charge in [-0.3, -0.25) is 9.69 Å². The van der Waals surface area contributed by atoms with E-state index in [0.717, 1.165) is 48.6 Å². The van der Waals surface area contributed by atoms with E-state index >= 15 is 0 Å². The molecule has 4 rings (SSSR count). The molecule has 1 atom stereocenters. The van der Waals surface area contributed by atoms with Gasteiger partial charge in [0, 0.05) is 18.2 Å². The molecular weight excluding hydrogens is 350 g/mol. The fraction of sp³-hybridized carbons (Fsp3) is 0.391. The fourth-order valence-electron chi connectivity index (χ4n) is 3.97. The van der Waals surface area contributed by atoms with Crippen LogP contribution in [0.3, 0.4) is 0 Å². The fourth-order valence-corrected chi connectivity index (χ4v) is 3.97. The topological polar surface area (TPSA) is 58.4 Å². The van der Waals surface area contributed by atoms with E-state index in [9.17, 15) is 4.79 Å². The van der Waals surface area contributed by atoms with Crippen LogP contribution in [0.5, 0.6) is 0 Å². The Kier molecular flexibility index (Phi) is 5.44. The molecule has 2 aromatic carbocycles. The zero-order valence-corrected chi connectivity index (χ0v) is 16.5. The van der Waals surface area contributed by atoms with E-state index in [1.54, 1.807) is 0 Å². The Morgan fingerprint density at radius 3 is 2.82 bits per heavy atom. The van der Waals surface area contributed by atoms with Gasteiger partial charge in [0.05, 0.1) is 6.54 Å². The molecule has 0 saturated carbocycles. The highest BCUT2D eigenvalue weighted by atomic mass is 16.3. The Hall–Kier alpha value is -2.66. The summed E-state index contributed by atoms with van der Waals surface area (Å²) in [5.41, 5.74) is 3.81. The number of nitrogens with zero attached hydrogens (tertiary/aromatic N) is 2. The minimum Gasteiger partial charge on any atom is -0.440 e. The maximum Gasteiger partial charge on any atom is 0.238 e. The van der Waals surface area contributed by atoms with E-state index in [4.69, 9.17) is 4.42 Å². The molecule has 2 heterocycles. The summed E-state index contributed by atoms with van der Waals surface area (Å²) in [5.74, 6) is 1.43. The first kappa shape index (κ1) is 18.7. The molecule has 1 aromatic heterocycles. The average molecular weight is 377 g/mol. The van der Waals surface area contributed by atoms with Crippen molar-refractivity contribution >= 4 is 22.7 Å². The predicted octanol–water partition coefficient (Wildman–Crippen LogP) is 4.77. The number of carbonyl (C=O) groups excluding carboxylic acids is 1. The molecule has 1 amide bonds. The summed E-state index contributed by atoms with van der Waals surface area (Å²) in [6.45, 7) is 6.40. The number of oxazole rings is 1. The second-order valence-electron chi connectivity index (χ2n) is 7.88. The van der Waals surface area contributed by atoms with E-state index < -0.39 is 0 Å². The van der Waals surface area contributed by atoms with Gasteiger partial charge < -0.3 is 9.73 Å². The third kappa shape index (κ3) is 4.09. The summed E-state index contributed by atoms with van der Waals surface area (Å²) in [4.78, 5) is 19.5. The van der Waals surface area contributed by atoms with Crippen molar-refractivity contribution in [1.29, 1.82) is 0 Å². The van der Waals surface area contributed by atoms with Crippen molar-refractivity contribution in [3.05, 3.63) is 60.0 Å². The molecule has 3 aromatic rings. The molecule has 0 spiro atoms. The lowest BCUT2D eigenvalue weighted by Crippen LogP contribution is -2.40. The monoisotopic (exact) mass is 377 g/mol. The lowest BCUT2D eigenvalue weighted by molar-refractivity contribution is -0.117. The summed E-state index contributed by atoms with van der Waals surface area (Å²) in [6, 6.07) is 15.9. The standard InChI is InChI=1S/C23H27N3O2/c1-16(2)18-9-3-4-10-19(18)24-22(27)15-26-13-7-8-17(14-26)23-25-20-11-5-6-12-21(20)28-23/h3-6,9-12,16-17H,7-8,13-15H2,1-2H3,(H,24,27). The van der Waals surface area contributed by atoms with Crippen LogP contribution in [0.1, 0.15) is 50.0 Å². The molecule has 0 aliphatic carbocycles. The van der Waals surface area contributed by atoms with Crippen molar-refractivity contribution in [3.63, 3.8) is 0 Å². The van der Waals surface area contributed by atoms with Gasteiger partial charge in [-0.1, -0.05) is 44.2 Å². The highest BCUT2D eigenvalue weighted by Crippen LogP contribution is 2.29. The van der Waals surface area contributed by atoms with Crippen molar-refractivity contribution < 1.29 is 9.21 Å². The molecule has 0 radical (unpaired) electrons. The van der Waals surface area contributed by atoms with Crippen LogP contribution in [0, 0.1) is 0 Å². The van der Waals surface area contributed by atoms with Crippen LogP contribution in [-0.4, -0.2) is 35.4 Å². The summed E-state index contributed by atoms with van der Waals surface area (Å²) in [7, 11) is 0. The van der Waals surface area contributed by atoms with Crippen molar-refractivity contribution in [2.75, 3.05) is 25.0 Å². The van der Waals surface area contributed by atoms with Crippen LogP contribution in [0.25, 0.3) is 11.1 Å². The third-order valence-electron chi connectivity index (χ3n) is 5.39. The Labute approximate surface area is 165 Å². The second kappa shape index (κ2) is 8.15. The van der Waals surface area contributed by atoms with Gasteiger partial charge in [0.1, 0.15) is 5.52 Å². The molecular formula is C23H27N3O2. The normalized spacial score (nSPS) is 17.9. The number of hydrogen-bond donors (Lipinski definition) is 1. The molecule has 5 heteroatoms. The Balaban J connectivity index is 1.40. The van der Waals surface area contributed by atoms with Crippen LogP contribution in [0.15, 0.2) is 52.9 Å². The number of amides is 1. The average Bonchev–Trinajstić information content (AvgIpc) is 3.13. The van der Waals surface area contributed by atoms with Gasteiger partial charge >= 0.3 is 0 Å². The number of para-hydroxylation sites is 3. The minimum absolute atomic E-state index is 0.0336. The summed E-state index contributed by atoms with van der Waals surface area (Å²) in [6.07, 6.45) is 2.08. The maximum atomic E-state index is 12.6. The van der Waals surface area contributed by atoms with Crippen LogP contribution in [0.4, 0.5) is 5.69 Å². The number of benzene rings is 2. The number of rotatable bonds is 5. The lowest BCUT2D eigenvalue weighted by Gasteiger charge is -2.30. The van der Waals surface area contributed by atoms with E-state index in [1.165, 1.54) is 5.56 Å². The maximum absolute atomic E-state index is 12.6. The van der Waals surface area contributed by atoms with Gasteiger partial charge in [-0.2, -0.15) is 0 Å². The van der Waals surface area contributed by atoms with Gasteiger partial charge in [-0.05, 0) is 49.1 Å². The minimum atomic E-state index is 0.0336. The highest BCUT2D eigenvalue weighted by molar-refractivity contribution is 5.93. The van der Waals surface area contributed by atoms with Gasteiger partial charge in [0.15, 0.2) is 11.5 Å². The molecule has 1 saturated heterocycles. The van der Waals surface area contributed by atoms with E-state index in [2.05, 4.69) is 35.1 Å². The zero-order valence-electron chi connectivity index (χ0n) is 16.5. The highest BCUT2D eigenvalue weighted by Gasteiger charge is 2.26. The number of aromatic nitrogens is 1. The SMILES string of the molecule is CC(C)c1ccccc1NC(=O)CN1CCCC(c2nc3ccccc3o2)C1. The summed E-state index contributed by atoms with van der Waals surface area (Å²) in [5, 5.41) is 3.10. The molecule has 1 aliphatic heterocycles. The number of nitrogens with one attached hydrogen (secondary N) is 1. The number of likely N-dealkylation sites (tertiary alicyclic amines) is 1. The van der Waals surface area contributed by atoms with E-state index in [1.807, 2.05) is 42.5 Å². The van der Waals surface area contributed by atoms with Gasteiger partial charge in [0.25, 0.3) is 0 Å². The molecule has 1 N–H and O–H groups in total. The molecule has 1 unspecified atom stereocenters. The van der Waals surface area contributed by atoms with Gasteiger partial charge in [-0.15, -0.1) is 0 Å². The second-order valence-corrected chi connectivity index (χ2v) is 7.88. The molecule has 5 nitrogen and oxygen atoms in total. The number of piperidine rings is 1. The smallest absolute Gasteiger partial charge is 0.238 e. The number of anilines is 1. The van der Waals surface area contributed by atoms with Crippen molar-refractivity contribution in [2.24, 2.45) is 0 Å². The Morgan fingerprint density at radius 1 is 1.21 bits per heavy atom. The quantitative estimate of drug-likeness (QED) is 0.696. The Bertz CT molecular complexity index is 930. The summed E-state index contributed by atoms with van der Waals surface area (Å²) >= 11 is 0. The predicted molar refractivity (Wildman–Crippen MR) is 112 cm³/mol. The Morgan fingerprint density at radius 2 is 2.00 bits per heavy atom.